The monoisotopic (exact) mass is 389 g/mol. The molecule has 2 atom stereocenters. The number of nitrogens with one attached hydrogen (secondary N) is 2. The number of nitrogens with zero attached hydrogens (tertiary/aromatic N) is 1. The SMILES string of the molecule is CC(C)(C)[S+]([O-])N[C@@](C)(Cc1ncc[nH]1)c1cc(Br)cs1. The lowest BCUT2D eigenvalue weighted by Gasteiger charge is -2.34. The van der Waals surface area contributed by atoms with Crippen molar-refractivity contribution in [1.29, 1.82) is 0 Å². The van der Waals surface area contributed by atoms with Gasteiger partial charge in [-0.05, 0) is 49.7 Å². The molecule has 0 amide bonds. The largest absolute Gasteiger partial charge is 0.598 e. The van der Waals surface area contributed by atoms with E-state index in [2.05, 4.69) is 43.6 Å². The molecule has 0 aliphatic carbocycles. The fraction of sp³-hybridized carbons (Fsp3) is 0.500. The Morgan fingerprint density at radius 1 is 1.43 bits per heavy atom. The van der Waals surface area contributed by atoms with Gasteiger partial charge < -0.3 is 9.54 Å². The first-order chi connectivity index (χ1) is 9.71. The number of H-pyrrole nitrogens is 1. The summed E-state index contributed by atoms with van der Waals surface area (Å²) in [6.07, 6.45) is 4.19. The van der Waals surface area contributed by atoms with E-state index in [4.69, 9.17) is 0 Å². The van der Waals surface area contributed by atoms with E-state index >= 15 is 0 Å². The summed E-state index contributed by atoms with van der Waals surface area (Å²) in [5, 5.41) is 2.04. The second-order valence-corrected chi connectivity index (χ2v) is 9.95. The standard InChI is InChI=1S/C14H20BrN3OS2/c1-13(2,3)21(19)18-14(4,8-12-16-5-6-17-12)11-7-10(15)9-20-11/h5-7,9,18H,8H2,1-4H3,(H,16,17)/t14-,21?/m0/s1. The maximum atomic E-state index is 12.6. The van der Waals surface area contributed by atoms with E-state index in [1.54, 1.807) is 23.7 Å². The number of aromatic amines is 1. The predicted molar refractivity (Wildman–Crippen MR) is 92.7 cm³/mol. The van der Waals surface area contributed by atoms with E-state index in [0.29, 0.717) is 6.42 Å². The van der Waals surface area contributed by atoms with Crippen LogP contribution in [0.4, 0.5) is 0 Å². The van der Waals surface area contributed by atoms with Gasteiger partial charge in [-0.1, -0.05) is 0 Å². The molecule has 2 rings (SSSR count). The Morgan fingerprint density at radius 2 is 2.14 bits per heavy atom. The topological polar surface area (TPSA) is 63.8 Å². The summed E-state index contributed by atoms with van der Waals surface area (Å²) in [5.74, 6) is 0.875. The van der Waals surface area contributed by atoms with E-state index < -0.39 is 16.9 Å². The third-order valence-electron chi connectivity index (χ3n) is 3.06. The molecular formula is C14H20BrN3OS2. The Labute approximate surface area is 141 Å². The normalized spacial score (nSPS) is 16.7. The van der Waals surface area contributed by atoms with E-state index in [0.717, 1.165) is 15.2 Å². The maximum absolute atomic E-state index is 12.6. The Balaban J connectivity index is 2.29. The van der Waals surface area contributed by atoms with Crippen molar-refractivity contribution in [3.05, 3.63) is 39.0 Å². The second kappa shape index (κ2) is 6.42. The van der Waals surface area contributed by atoms with Gasteiger partial charge in [-0.3, -0.25) is 0 Å². The average Bonchev–Trinajstić information content (AvgIpc) is 2.99. The summed E-state index contributed by atoms with van der Waals surface area (Å²) < 4.78 is 16.6. The molecule has 0 aliphatic heterocycles. The van der Waals surface area contributed by atoms with Crippen LogP contribution in [0.2, 0.25) is 0 Å². The lowest BCUT2D eigenvalue weighted by atomic mass is 9.97. The lowest BCUT2D eigenvalue weighted by molar-refractivity contribution is 0.418. The summed E-state index contributed by atoms with van der Waals surface area (Å²) >= 11 is 3.98. The molecule has 0 fully saturated rings. The molecule has 2 aromatic heterocycles. The number of rotatable bonds is 5. The number of hydrogen-bond donors (Lipinski definition) is 2. The molecule has 0 radical (unpaired) electrons. The molecule has 1 unspecified atom stereocenters. The van der Waals surface area contributed by atoms with Gasteiger partial charge in [0.1, 0.15) is 16.1 Å². The minimum Gasteiger partial charge on any atom is -0.598 e. The highest BCUT2D eigenvalue weighted by molar-refractivity contribution is 9.10. The summed E-state index contributed by atoms with van der Waals surface area (Å²) in [6, 6.07) is 2.07. The zero-order chi connectivity index (χ0) is 15.7. The van der Waals surface area contributed by atoms with Crippen molar-refractivity contribution >= 4 is 38.6 Å². The van der Waals surface area contributed by atoms with Gasteiger partial charge in [-0.2, -0.15) is 0 Å². The molecule has 0 saturated heterocycles. The molecule has 2 heterocycles. The van der Waals surface area contributed by atoms with Crippen LogP contribution in [0.15, 0.2) is 28.3 Å². The van der Waals surface area contributed by atoms with E-state index in [9.17, 15) is 4.55 Å². The van der Waals surface area contributed by atoms with Crippen LogP contribution >= 0.6 is 27.3 Å². The van der Waals surface area contributed by atoms with Gasteiger partial charge in [0.05, 0.1) is 0 Å². The minimum absolute atomic E-state index is 0.321. The summed E-state index contributed by atoms with van der Waals surface area (Å²) in [6.45, 7) is 7.96. The van der Waals surface area contributed by atoms with Crippen LogP contribution in [0.1, 0.15) is 38.4 Å². The van der Waals surface area contributed by atoms with Crippen LogP contribution in [0.25, 0.3) is 0 Å². The molecule has 0 aromatic carbocycles. The van der Waals surface area contributed by atoms with Crippen LogP contribution in [0.3, 0.4) is 0 Å². The van der Waals surface area contributed by atoms with Gasteiger partial charge >= 0.3 is 0 Å². The maximum Gasteiger partial charge on any atom is 0.136 e. The molecule has 4 nitrogen and oxygen atoms in total. The molecule has 0 aliphatic rings. The van der Waals surface area contributed by atoms with E-state index in [1.807, 2.05) is 26.2 Å². The first-order valence-electron chi connectivity index (χ1n) is 6.63. The first kappa shape index (κ1) is 17.0. The van der Waals surface area contributed by atoms with E-state index in [-0.39, 0.29) is 4.75 Å². The summed E-state index contributed by atoms with van der Waals surface area (Å²) in [7, 11) is 0. The van der Waals surface area contributed by atoms with Crippen molar-refractivity contribution < 1.29 is 4.55 Å². The van der Waals surface area contributed by atoms with Gasteiger partial charge in [0.2, 0.25) is 0 Å². The van der Waals surface area contributed by atoms with Crippen LogP contribution < -0.4 is 4.72 Å². The van der Waals surface area contributed by atoms with Gasteiger partial charge in [0.15, 0.2) is 0 Å². The van der Waals surface area contributed by atoms with Crippen LogP contribution in [-0.2, 0) is 23.3 Å². The second-order valence-electron chi connectivity index (χ2n) is 6.16. The molecule has 2 aromatic rings. The van der Waals surface area contributed by atoms with Gasteiger partial charge in [-0.15, -0.1) is 16.1 Å². The quantitative estimate of drug-likeness (QED) is 0.765. The highest BCUT2D eigenvalue weighted by Crippen LogP contribution is 2.34. The number of aromatic nitrogens is 2. The Morgan fingerprint density at radius 3 is 2.62 bits per heavy atom. The molecule has 21 heavy (non-hydrogen) atoms. The zero-order valence-electron chi connectivity index (χ0n) is 12.6. The average molecular weight is 390 g/mol. The van der Waals surface area contributed by atoms with Crippen molar-refractivity contribution in [1.82, 2.24) is 14.7 Å². The summed E-state index contributed by atoms with van der Waals surface area (Å²) in [4.78, 5) is 8.55. The Kier molecular flexibility index (Phi) is 5.20. The molecule has 2 N–H and O–H groups in total. The van der Waals surface area contributed by atoms with Crippen molar-refractivity contribution in [2.75, 3.05) is 0 Å². The minimum atomic E-state index is -1.16. The molecule has 0 spiro atoms. The Bertz CT molecular complexity index is 579. The number of thiophene rings is 1. The molecule has 0 saturated carbocycles. The molecular weight excluding hydrogens is 370 g/mol. The highest BCUT2D eigenvalue weighted by atomic mass is 79.9. The first-order valence-corrected chi connectivity index (χ1v) is 9.45. The summed E-state index contributed by atoms with van der Waals surface area (Å²) in [5.41, 5.74) is -0.438. The van der Waals surface area contributed by atoms with Crippen LogP contribution in [-0.4, -0.2) is 19.3 Å². The zero-order valence-corrected chi connectivity index (χ0v) is 15.8. The van der Waals surface area contributed by atoms with Crippen molar-refractivity contribution in [2.24, 2.45) is 0 Å². The van der Waals surface area contributed by atoms with Crippen molar-refractivity contribution in [2.45, 2.75) is 44.4 Å². The van der Waals surface area contributed by atoms with Gasteiger partial charge in [-0.25, -0.2) is 4.98 Å². The molecule has 116 valence electrons. The number of hydrogen-bond acceptors (Lipinski definition) is 4. The molecule has 0 bridgehead atoms. The lowest BCUT2D eigenvalue weighted by Crippen LogP contribution is -2.50. The predicted octanol–water partition coefficient (Wildman–Crippen LogP) is 3.74. The van der Waals surface area contributed by atoms with Gasteiger partial charge in [0.25, 0.3) is 0 Å². The number of halogens is 1. The van der Waals surface area contributed by atoms with Crippen molar-refractivity contribution in [3.63, 3.8) is 0 Å². The van der Waals surface area contributed by atoms with Gasteiger partial charge in [0, 0.05) is 44.9 Å². The van der Waals surface area contributed by atoms with E-state index in [1.165, 1.54) is 0 Å². The van der Waals surface area contributed by atoms with Crippen molar-refractivity contribution in [3.8, 4) is 0 Å². The molecule has 7 heteroatoms. The van der Waals surface area contributed by atoms with Crippen LogP contribution in [0.5, 0.6) is 0 Å². The third kappa shape index (κ3) is 4.32. The Hall–Kier alpha value is -0.340. The highest BCUT2D eigenvalue weighted by Gasteiger charge is 2.38. The third-order valence-corrected chi connectivity index (χ3v) is 6.76. The van der Waals surface area contributed by atoms with Crippen LogP contribution in [0, 0.1) is 0 Å². The fourth-order valence-corrected chi connectivity index (χ4v) is 4.37. The smallest absolute Gasteiger partial charge is 0.136 e. The fourth-order valence-electron chi connectivity index (χ4n) is 1.86. The number of imidazole rings is 1.